The summed E-state index contributed by atoms with van der Waals surface area (Å²) in [6, 6.07) is -1.17. The minimum atomic E-state index is -1.17. The Morgan fingerprint density at radius 1 is 0.958 bits per heavy atom. The monoisotopic (exact) mass is 343 g/mol. The molecule has 0 fully saturated rings. The minimum absolute atomic E-state index is 0.0989. The molecule has 0 heterocycles. The molecule has 7 heteroatoms. The number of hydrogen-bond acceptors (Lipinski definition) is 6. The number of esters is 1. The van der Waals surface area contributed by atoms with Crippen molar-refractivity contribution >= 4 is 18.2 Å². The summed E-state index contributed by atoms with van der Waals surface area (Å²) in [5.74, 6) is -0.732. The molecular weight excluding hydrogens is 314 g/mol. The van der Waals surface area contributed by atoms with E-state index >= 15 is 0 Å². The number of amides is 2. The van der Waals surface area contributed by atoms with Crippen LogP contribution in [0, 0.1) is 0 Å². The number of allylic oxidation sites excluding steroid dienone is 1. The molecule has 0 aromatic heterocycles. The molecule has 0 aliphatic rings. The fourth-order valence-corrected chi connectivity index (χ4v) is 1.66. The Bertz CT molecular complexity index is 456. The quantitative estimate of drug-likeness (QED) is 0.440. The third-order valence-electron chi connectivity index (χ3n) is 2.56. The lowest BCUT2D eigenvalue weighted by Crippen LogP contribution is -2.52. The van der Waals surface area contributed by atoms with Crippen LogP contribution in [0.15, 0.2) is 12.2 Å². The van der Waals surface area contributed by atoms with E-state index in [1.165, 1.54) is 7.11 Å². The van der Waals surface area contributed by atoms with Gasteiger partial charge in [0.25, 0.3) is 0 Å². The zero-order valence-corrected chi connectivity index (χ0v) is 15.8. The van der Waals surface area contributed by atoms with Crippen LogP contribution in [-0.2, 0) is 19.0 Å². The minimum Gasteiger partial charge on any atom is -0.467 e. The normalized spacial score (nSPS) is 13.3. The largest absolute Gasteiger partial charge is 0.467 e. The third kappa shape index (κ3) is 7.99. The molecule has 0 aliphatic heterocycles. The van der Waals surface area contributed by atoms with Crippen molar-refractivity contribution in [2.75, 3.05) is 7.11 Å². The molecule has 138 valence electrons. The van der Waals surface area contributed by atoms with Crippen molar-refractivity contribution in [1.29, 1.82) is 0 Å². The highest BCUT2D eigenvalue weighted by Crippen LogP contribution is 2.19. The van der Waals surface area contributed by atoms with E-state index in [1.807, 2.05) is 0 Å². The van der Waals surface area contributed by atoms with Gasteiger partial charge in [0, 0.05) is 0 Å². The number of imide groups is 1. The van der Waals surface area contributed by atoms with E-state index in [1.54, 1.807) is 60.6 Å². The number of ether oxygens (including phenoxy) is 3. The number of hydrogen-bond donors (Lipinski definition) is 0. The van der Waals surface area contributed by atoms with E-state index in [-0.39, 0.29) is 6.42 Å². The average Bonchev–Trinajstić information content (AvgIpc) is 2.38. The van der Waals surface area contributed by atoms with Gasteiger partial charge < -0.3 is 14.2 Å². The first-order valence-corrected chi connectivity index (χ1v) is 7.76. The molecule has 1 atom stereocenters. The summed E-state index contributed by atoms with van der Waals surface area (Å²) in [4.78, 5) is 37.7. The molecule has 0 rings (SSSR count). The van der Waals surface area contributed by atoms with Crippen molar-refractivity contribution in [3.8, 4) is 0 Å². The Balaban J connectivity index is 5.74. The third-order valence-corrected chi connectivity index (χ3v) is 2.56. The standard InChI is InChI=1S/C17H29NO6/c1-9-10-11-12(13(19)22-8)18(14(20)23-16(2,3)4)15(21)24-17(5,6)7/h9-10,12H,11H2,1-8H3/b10-9+/t12-/m0/s1. The molecule has 0 saturated heterocycles. The van der Waals surface area contributed by atoms with Gasteiger partial charge in [-0.3, -0.25) is 0 Å². The van der Waals surface area contributed by atoms with Crippen molar-refractivity contribution in [2.45, 2.75) is 72.1 Å². The summed E-state index contributed by atoms with van der Waals surface area (Å²) in [7, 11) is 1.19. The predicted molar refractivity (Wildman–Crippen MR) is 89.5 cm³/mol. The molecule has 0 bridgehead atoms. The first-order chi connectivity index (χ1) is 10.8. The van der Waals surface area contributed by atoms with Crippen LogP contribution < -0.4 is 0 Å². The van der Waals surface area contributed by atoms with Crippen LogP contribution >= 0.6 is 0 Å². The zero-order chi connectivity index (χ0) is 19.1. The SMILES string of the molecule is C/C=C/C[C@@H](C(=O)OC)N(C(=O)OC(C)(C)C)C(=O)OC(C)(C)C. The van der Waals surface area contributed by atoms with Crippen molar-refractivity contribution in [2.24, 2.45) is 0 Å². The first kappa shape index (κ1) is 21.9. The topological polar surface area (TPSA) is 82.1 Å². The van der Waals surface area contributed by atoms with Crippen molar-refractivity contribution in [3.63, 3.8) is 0 Å². The van der Waals surface area contributed by atoms with Gasteiger partial charge in [-0.25, -0.2) is 14.4 Å². The van der Waals surface area contributed by atoms with E-state index in [0.29, 0.717) is 4.90 Å². The Labute approximate surface area is 143 Å². The molecular formula is C17H29NO6. The number of carbonyl (C=O) groups excluding carboxylic acids is 3. The van der Waals surface area contributed by atoms with Gasteiger partial charge in [-0.05, 0) is 54.9 Å². The smallest absolute Gasteiger partial charge is 0.420 e. The van der Waals surface area contributed by atoms with Crippen molar-refractivity contribution in [3.05, 3.63) is 12.2 Å². The van der Waals surface area contributed by atoms with E-state index in [4.69, 9.17) is 14.2 Å². The van der Waals surface area contributed by atoms with Gasteiger partial charge in [0.15, 0.2) is 0 Å². The fraction of sp³-hybridized carbons (Fsp3) is 0.706. The first-order valence-electron chi connectivity index (χ1n) is 7.76. The summed E-state index contributed by atoms with van der Waals surface area (Å²) in [6.45, 7) is 11.7. The predicted octanol–water partition coefficient (Wildman–Crippen LogP) is 3.67. The maximum Gasteiger partial charge on any atom is 0.420 e. The van der Waals surface area contributed by atoms with Crippen molar-refractivity contribution in [1.82, 2.24) is 4.90 Å². The number of nitrogens with zero attached hydrogens (tertiary/aromatic N) is 1. The van der Waals surface area contributed by atoms with E-state index in [0.717, 1.165) is 0 Å². The highest BCUT2D eigenvalue weighted by atomic mass is 16.6. The molecule has 7 nitrogen and oxygen atoms in total. The Kier molecular flexibility index (Phi) is 7.96. The zero-order valence-electron chi connectivity index (χ0n) is 15.8. The molecule has 0 aromatic rings. The maximum atomic E-state index is 12.5. The molecule has 0 aliphatic carbocycles. The van der Waals surface area contributed by atoms with Gasteiger partial charge in [-0.2, -0.15) is 4.90 Å². The van der Waals surface area contributed by atoms with Crippen LogP contribution in [0.3, 0.4) is 0 Å². The highest BCUT2D eigenvalue weighted by molar-refractivity contribution is 5.94. The second kappa shape index (κ2) is 8.70. The lowest BCUT2D eigenvalue weighted by Gasteiger charge is -2.31. The van der Waals surface area contributed by atoms with Gasteiger partial charge in [0.1, 0.15) is 17.2 Å². The molecule has 0 radical (unpaired) electrons. The summed E-state index contributed by atoms with van der Waals surface area (Å²) in [5, 5.41) is 0. The van der Waals surface area contributed by atoms with E-state index in [2.05, 4.69) is 0 Å². The lowest BCUT2D eigenvalue weighted by atomic mass is 10.1. The van der Waals surface area contributed by atoms with Gasteiger partial charge in [0.2, 0.25) is 0 Å². The Hall–Kier alpha value is -2.05. The highest BCUT2D eigenvalue weighted by Gasteiger charge is 2.40. The number of carbonyl (C=O) groups is 3. The summed E-state index contributed by atoms with van der Waals surface area (Å²) < 4.78 is 15.2. The van der Waals surface area contributed by atoms with Crippen molar-refractivity contribution < 1.29 is 28.6 Å². The Morgan fingerprint density at radius 2 is 1.38 bits per heavy atom. The number of rotatable bonds is 4. The van der Waals surface area contributed by atoms with Gasteiger partial charge in [-0.15, -0.1) is 0 Å². The lowest BCUT2D eigenvalue weighted by molar-refractivity contribution is -0.146. The van der Waals surface area contributed by atoms with Crippen LogP contribution in [-0.4, -0.2) is 47.4 Å². The molecule has 0 spiro atoms. The summed E-state index contributed by atoms with van der Waals surface area (Å²) >= 11 is 0. The van der Waals surface area contributed by atoms with Gasteiger partial charge in [-0.1, -0.05) is 12.2 Å². The van der Waals surface area contributed by atoms with Crippen LogP contribution in [0.25, 0.3) is 0 Å². The second-order valence-electron chi connectivity index (χ2n) is 7.17. The maximum absolute atomic E-state index is 12.5. The molecule has 0 N–H and O–H groups in total. The Morgan fingerprint density at radius 3 is 1.67 bits per heavy atom. The molecule has 0 unspecified atom stereocenters. The summed E-state index contributed by atoms with van der Waals surface area (Å²) in [5.41, 5.74) is -1.67. The fourth-order valence-electron chi connectivity index (χ4n) is 1.66. The van der Waals surface area contributed by atoms with E-state index in [9.17, 15) is 14.4 Å². The average molecular weight is 343 g/mol. The van der Waals surface area contributed by atoms with Crippen LogP contribution in [0.1, 0.15) is 54.9 Å². The summed E-state index contributed by atoms with van der Waals surface area (Å²) in [6.07, 6.45) is 1.54. The molecule has 2 amide bonds. The second-order valence-corrected chi connectivity index (χ2v) is 7.17. The number of methoxy groups -OCH3 is 1. The van der Waals surface area contributed by atoms with Crippen LogP contribution in [0.5, 0.6) is 0 Å². The van der Waals surface area contributed by atoms with Crippen LogP contribution in [0.2, 0.25) is 0 Å². The van der Waals surface area contributed by atoms with Crippen LogP contribution in [0.4, 0.5) is 9.59 Å². The van der Waals surface area contributed by atoms with E-state index < -0.39 is 35.4 Å². The molecule has 0 aromatic carbocycles. The van der Waals surface area contributed by atoms with Gasteiger partial charge >= 0.3 is 18.2 Å². The molecule has 0 saturated carbocycles. The molecule has 24 heavy (non-hydrogen) atoms. The van der Waals surface area contributed by atoms with Gasteiger partial charge in [0.05, 0.1) is 7.11 Å².